The van der Waals surface area contributed by atoms with Crippen LogP contribution in [0.5, 0.6) is 0 Å². The summed E-state index contributed by atoms with van der Waals surface area (Å²) in [7, 11) is 0. The van der Waals surface area contributed by atoms with E-state index in [1.54, 1.807) is 0 Å². The Bertz CT molecular complexity index is 201. The van der Waals surface area contributed by atoms with Crippen LogP contribution in [0, 0.1) is 5.92 Å². The van der Waals surface area contributed by atoms with Crippen LogP contribution in [0.4, 0.5) is 0 Å². The number of carbonyl (C=O) groups is 1. The van der Waals surface area contributed by atoms with Crippen molar-refractivity contribution in [1.29, 1.82) is 0 Å². The summed E-state index contributed by atoms with van der Waals surface area (Å²) in [6.07, 6.45) is 10.6. The van der Waals surface area contributed by atoms with E-state index < -0.39 is 0 Å². The maximum Gasteiger partial charge on any atom is 0.136 e. The minimum Gasteiger partial charge on any atom is -0.378 e. The lowest BCUT2D eigenvalue weighted by molar-refractivity contribution is -0.123. The molecule has 1 heterocycles. The molecule has 0 N–H and O–H groups in total. The van der Waals surface area contributed by atoms with Crippen molar-refractivity contribution in [3.05, 3.63) is 0 Å². The van der Waals surface area contributed by atoms with Gasteiger partial charge in [-0.2, -0.15) is 0 Å². The second-order valence-electron chi connectivity index (χ2n) is 4.97. The summed E-state index contributed by atoms with van der Waals surface area (Å²) in [5.74, 6) is 0.898. The van der Waals surface area contributed by atoms with Crippen molar-refractivity contribution in [1.82, 2.24) is 0 Å². The lowest BCUT2D eigenvalue weighted by Crippen LogP contribution is -2.21. The topological polar surface area (TPSA) is 26.3 Å². The Kier molecular flexibility index (Phi) is 4.18. The van der Waals surface area contributed by atoms with Gasteiger partial charge in [-0.15, -0.1) is 0 Å². The van der Waals surface area contributed by atoms with Gasteiger partial charge in [-0.3, -0.25) is 4.79 Å². The van der Waals surface area contributed by atoms with Gasteiger partial charge in [0.25, 0.3) is 0 Å². The molecule has 2 heteroatoms. The molecule has 0 spiro atoms. The van der Waals surface area contributed by atoms with Gasteiger partial charge in [-0.05, 0) is 38.5 Å². The summed E-state index contributed by atoms with van der Waals surface area (Å²) >= 11 is 0. The minimum atomic E-state index is 0.379. The lowest BCUT2D eigenvalue weighted by atomic mass is 9.96. The fourth-order valence-electron chi connectivity index (χ4n) is 2.79. The van der Waals surface area contributed by atoms with E-state index in [-0.39, 0.29) is 0 Å². The molecule has 1 atom stereocenters. The molecule has 15 heavy (non-hydrogen) atoms. The first-order valence-corrected chi connectivity index (χ1v) is 6.50. The maximum absolute atomic E-state index is 11.8. The van der Waals surface area contributed by atoms with Gasteiger partial charge >= 0.3 is 0 Å². The van der Waals surface area contributed by atoms with Gasteiger partial charge in [0.2, 0.25) is 0 Å². The highest BCUT2D eigenvalue weighted by Gasteiger charge is 2.23. The maximum atomic E-state index is 11.8. The van der Waals surface area contributed by atoms with Crippen LogP contribution in [0.25, 0.3) is 0 Å². The van der Waals surface area contributed by atoms with E-state index in [4.69, 9.17) is 4.74 Å². The molecule has 2 aliphatic rings. The molecule has 0 radical (unpaired) electrons. The standard InChI is InChI=1S/C13H22O2/c14-13(11-5-1-2-6-11)9-8-12-7-3-4-10-15-12/h11-12H,1-10H2. The highest BCUT2D eigenvalue weighted by atomic mass is 16.5. The fourth-order valence-corrected chi connectivity index (χ4v) is 2.79. The monoisotopic (exact) mass is 210 g/mol. The van der Waals surface area contributed by atoms with Gasteiger partial charge in [-0.1, -0.05) is 12.8 Å². The van der Waals surface area contributed by atoms with E-state index >= 15 is 0 Å². The molecular weight excluding hydrogens is 188 g/mol. The molecule has 0 aromatic carbocycles. The van der Waals surface area contributed by atoms with Crippen LogP contribution in [0.3, 0.4) is 0 Å². The summed E-state index contributed by atoms with van der Waals surface area (Å²) in [6.45, 7) is 0.905. The molecule has 0 amide bonds. The number of hydrogen-bond acceptors (Lipinski definition) is 2. The predicted octanol–water partition coefficient (Wildman–Crippen LogP) is 3.10. The second kappa shape index (κ2) is 5.64. The third-order valence-electron chi connectivity index (χ3n) is 3.80. The van der Waals surface area contributed by atoms with Crippen molar-refractivity contribution >= 4 is 5.78 Å². The number of Topliss-reactive ketones (excluding diaryl/α,β-unsaturated/α-hetero) is 1. The molecule has 1 aliphatic carbocycles. The van der Waals surface area contributed by atoms with Crippen LogP contribution in [0.2, 0.25) is 0 Å². The molecule has 0 bridgehead atoms. The molecule has 2 nitrogen and oxygen atoms in total. The van der Waals surface area contributed by atoms with Gasteiger partial charge in [0, 0.05) is 18.9 Å². The Hall–Kier alpha value is -0.370. The first-order chi connectivity index (χ1) is 7.36. The fraction of sp³-hybridized carbons (Fsp3) is 0.923. The number of ether oxygens (including phenoxy) is 1. The highest BCUT2D eigenvalue weighted by Crippen LogP contribution is 2.27. The third kappa shape index (κ3) is 3.30. The van der Waals surface area contributed by atoms with Crippen LogP contribution in [0.1, 0.15) is 57.8 Å². The van der Waals surface area contributed by atoms with E-state index in [0.29, 0.717) is 17.8 Å². The van der Waals surface area contributed by atoms with Crippen LogP contribution in [-0.4, -0.2) is 18.5 Å². The Balaban J connectivity index is 1.65. The molecule has 1 saturated carbocycles. The normalized spacial score (nSPS) is 28.1. The average molecular weight is 210 g/mol. The van der Waals surface area contributed by atoms with Crippen molar-refractivity contribution in [3.8, 4) is 0 Å². The van der Waals surface area contributed by atoms with Crippen molar-refractivity contribution in [2.24, 2.45) is 5.92 Å². The van der Waals surface area contributed by atoms with E-state index in [2.05, 4.69) is 0 Å². The summed E-state index contributed by atoms with van der Waals surface area (Å²) < 4.78 is 5.64. The van der Waals surface area contributed by atoms with Crippen molar-refractivity contribution in [2.45, 2.75) is 63.9 Å². The molecule has 1 saturated heterocycles. The number of rotatable bonds is 4. The van der Waals surface area contributed by atoms with Gasteiger partial charge in [-0.25, -0.2) is 0 Å². The van der Waals surface area contributed by atoms with E-state index in [9.17, 15) is 4.79 Å². The summed E-state index contributed by atoms with van der Waals surface area (Å²) in [6, 6.07) is 0. The Labute approximate surface area is 92.4 Å². The largest absolute Gasteiger partial charge is 0.378 e. The number of hydrogen-bond donors (Lipinski definition) is 0. The molecule has 2 rings (SSSR count). The summed E-state index contributed by atoms with van der Waals surface area (Å²) in [5.41, 5.74) is 0. The first-order valence-electron chi connectivity index (χ1n) is 6.50. The summed E-state index contributed by atoms with van der Waals surface area (Å²) in [4.78, 5) is 11.8. The van der Waals surface area contributed by atoms with Gasteiger partial charge < -0.3 is 4.74 Å². The van der Waals surface area contributed by atoms with Crippen LogP contribution < -0.4 is 0 Å². The summed E-state index contributed by atoms with van der Waals surface area (Å²) in [5, 5.41) is 0. The van der Waals surface area contributed by atoms with Gasteiger partial charge in [0.1, 0.15) is 5.78 Å². The quantitative estimate of drug-likeness (QED) is 0.712. The zero-order valence-corrected chi connectivity index (χ0v) is 9.54. The van der Waals surface area contributed by atoms with E-state index in [1.807, 2.05) is 0 Å². The number of ketones is 1. The smallest absolute Gasteiger partial charge is 0.136 e. The molecule has 0 aromatic heterocycles. The molecule has 1 aliphatic heterocycles. The van der Waals surface area contributed by atoms with Gasteiger partial charge in [0.05, 0.1) is 6.10 Å². The van der Waals surface area contributed by atoms with Crippen LogP contribution >= 0.6 is 0 Å². The van der Waals surface area contributed by atoms with Crippen LogP contribution in [0.15, 0.2) is 0 Å². The first kappa shape index (κ1) is 11.1. The number of carbonyl (C=O) groups excluding carboxylic acids is 1. The predicted molar refractivity (Wildman–Crippen MR) is 59.8 cm³/mol. The zero-order chi connectivity index (χ0) is 10.5. The Morgan fingerprint density at radius 1 is 1.07 bits per heavy atom. The van der Waals surface area contributed by atoms with E-state index in [0.717, 1.165) is 38.7 Å². The average Bonchev–Trinajstić information content (AvgIpc) is 2.81. The second-order valence-corrected chi connectivity index (χ2v) is 4.97. The Morgan fingerprint density at radius 2 is 1.80 bits per heavy atom. The van der Waals surface area contributed by atoms with Crippen molar-refractivity contribution in [3.63, 3.8) is 0 Å². The van der Waals surface area contributed by atoms with Crippen molar-refractivity contribution in [2.75, 3.05) is 6.61 Å². The highest BCUT2D eigenvalue weighted by molar-refractivity contribution is 5.81. The van der Waals surface area contributed by atoms with E-state index in [1.165, 1.54) is 25.7 Å². The molecule has 1 unspecified atom stereocenters. The lowest BCUT2D eigenvalue weighted by Gasteiger charge is -2.22. The molecule has 0 aromatic rings. The zero-order valence-electron chi connectivity index (χ0n) is 9.54. The van der Waals surface area contributed by atoms with Gasteiger partial charge in [0.15, 0.2) is 0 Å². The minimum absolute atomic E-state index is 0.379. The molecule has 2 fully saturated rings. The molecular formula is C13H22O2. The van der Waals surface area contributed by atoms with Crippen molar-refractivity contribution < 1.29 is 9.53 Å². The van der Waals surface area contributed by atoms with Crippen LogP contribution in [-0.2, 0) is 9.53 Å². The Morgan fingerprint density at radius 3 is 2.47 bits per heavy atom. The molecule has 86 valence electrons. The SMILES string of the molecule is O=C(CCC1CCCCO1)C1CCCC1. The third-order valence-corrected chi connectivity index (χ3v) is 3.80.